The first-order valence-corrected chi connectivity index (χ1v) is 8.72. The smallest absolute Gasteiger partial charge is 0.407 e. The molecule has 0 saturated carbocycles. The Kier molecular flexibility index (Phi) is 5.92. The summed E-state index contributed by atoms with van der Waals surface area (Å²) < 4.78 is 24.7. The van der Waals surface area contributed by atoms with E-state index in [0.29, 0.717) is 29.7 Å². The zero-order valence-corrected chi connectivity index (χ0v) is 16.3. The molecule has 138 valence electrons. The lowest BCUT2D eigenvalue weighted by atomic mass is 10.1. The molecule has 1 heterocycles. The molecule has 0 radical (unpaired) electrons. The summed E-state index contributed by atoms with van der Waals surface area (Å²) in [6, 6.07) is 2.75. The number of ether oxygens (including phenoxy) is 2. The Morgan fingerprint density at radius 1 is 1.36 bits per heavy atom. The predicted octanol–water partition coefficient (Wildman–Crippen LogP) is 3.48. The summed E-state index contributed by atoms with van der Waals surface area (Å²) in [5, 5.41) is 2.80. The molecule has 2 rings (SSSR count). The fraction of sp³-hybridized carbons (Fsp3) is 0.529. The highest BCUT2D eigenvalue weighted by Gasteiger charge is 2.30. The van der Waals surface area contributed by atoms with E-state index in [4.69, 9.17) is 9.47 Å². The molecule has 1 aromatic carbocycles. The second-order valence-corrected chi connectivity index (χ2v) is 7.77. The minimum absolute atomic E-state index is 0.108. The van der Waals surface area contributed by atoms with E-state index in [1.54, 1.807) is 26.8 Å². The number of carbonyl (C=O) groups excluding carboxylic acids is 2. The van der Waals surface area contributed by atoms with Gasteiger partial charge in [0.2, 0.25) is 0 Å². The lowest BCUT2D eigenvalue weighted by molar-refractivity contribution is 0.0507. The minimum atomic E-state index is -0.733. The molecule has 1 aliphatic rings. The van der Waals surface area contributed by atoms with Crippen molar-refractivity contribution in [2.75, 3.05) is 25.1 Å². The van der Waals surface area contributed by atoms with Gasteiger partial charge in [0.15, 0.2) is 0 Å². The van der Waals surface area contributed by atoms with Gasteiger partial charge in [-0.3, -0.25) is 0 Å². The van der Waals surface area contributed by atoms with Crippen molar-refractivity contribution in [3.63, 3.8) is 0 Å². The number of alkyl carbamates (subject to hydrolysis) is 1. The number of rotatable bonds is 3. The van der Waals surface area contributed by atoms with Gasteiger partial charge in [-0.1, -0.05) is 15.9 Å². The Morgan fingerprint density at radius 2 is 2.04 bits per heavy atom. The molecule has 25 heavy (non-hydrogen) atoms. The fourth-order valence-corrected chi connectivity index (χ4v) is 3.10. The number of anilines is 1. The summed E-state index contributed by atoms with van der Waals surface area (Å²) >= 11 is 3.25. The number of hydrogen-bond donors (Lipinski definition) is 1. The maximum absolute atomic E-state index is 14.2. The van der Waals surface area contributed by atoms with Gasteiger partial charge in [-0.25, -0.2) is 14.0 Å². The van der Waals surface area contributed by atoms with Crippen LogP contribution in [0.15, 0.2) is 16.6 Å². The largest absolute Gasteiger partial charge is 0.465 e. The van der Waals surface area contributed by atoms with E-state index in [2.05, 4.69) is 21.2 Å². The molecule has 1 saturated heterocycles. The summed E-state index contributed by atoms with van der Waals surface area (Å²) in [6.45, 7) is 6.39. The Balaban J connectivity index is 2.14. The minimum Gasteiger partial charge on any atom is -0.465 e. The second kappa shape index (κ2) is 7.59. The number of nitrogens with zero attached hydrogens (tertiary/aromatic N) is 1. The monoisotopic (exact) mass is 416 g/mol. The van der Waals surface area contributed by atoms with Crippen molar-refractivity contribution >= 4 is 33.7 Å². The van der Waals surface area contributed by atoms with E-state index < -0.39 is 23.5 Å². The van der Waals surface area contributed by atoms with Crippen molar-refractivity contribution in [1.82, 2.24) is 5.32 Å². The molecular weight excluding hydrogens is 395 g/mol. The average molecular weight is 417 g/mol. The molecule has 0 bridgehead atoms. The molecule has 0 aromatic heterocycles. The Morgan fingerprint density at radius 3 is 2.64 bits per heavy atom. The van der Waals surface area contributed by atoms with Crippen LogP contribution in [0.4, 0.5) is 14.9 Å². The van der Waals surface area contributed by atoms with Gasteiger partial charge in [0.25, 0.3) is 0 Å². The highest BCUT2D eigenvalue weighted by molar-refractivity contribution is 9.10. The molecule has 6 nitrogen and oxygen atoms in total. The third-order valence-corrected chi connectivity index (χ3v) is 4.13. The highest BCUT2D eigenvalue weighted by atomic mass is 79.9. The van der Waals surface area contributed by atoms with Crippen LogP contribution in [0.1, 0.15) is 37.6 Å². The topological polar surface area (TPSA) is 67.9 Å². The van der Waals surface area contributed by atoms with Crippen LogP contribution < -0.4 is 10.2 Å². The summed E-state index contributed by atoms with van der Waals surface area (Å²) in [5.74, 6) is -1.39. The van der Waals surface area contributed by atoms with E-state index in [9.17, 15) is 14.0 Å². The summed E-state index contributed by atoms with van der Waals surface area (Å²) in [7, 11) is 1.21. The number of methoxy groups -OCH3 is 1. The summed E-state index contributed by atoms with van der Waals surface area (Å²) in [6.07, 6.45) is 0.168. The zero-order valence-electron chi connectivity index (χ0n) is 14.7. The molecule has 1 aromatic rings. The zero-order chi connectivity index (χ0) is 18.8. The van der Waals surface area contributed by atoms with Crippen LogP contribution in [0.5, 0.6) is 0 Å². The quantitative estimate of drug-likeness (QED) is 0.763. The molecule has 0 spiro atoms. The SMILES string of the molecule is COC(=O)c1c(F)cc(Br)cc1N1CC[C@H](NC(=O)OC(C)(C)C)C1. The average Bonchev–Trinajstić information content (AvgIpc) is 2.91. The summed E-state index contributed by atoms with van der Waals surface area (Å²) in [4.78, 5) is 25.7. The Bertz CT molecular complexity index is 675. The van der Waals surface area contributed by atoms with Crippen LogP contribution in [-0.2, 0) is 9.47 Å². The van der Waals surface area contributed by atoms with E-state index in [1.807, 2.05) is 4.90 Å². The molecule has 1 N–H and O–H groups in total. The van der Waals surface area contributed by atoms with Crippen LogP contribution in [0.25, 0.3) is 0 Å². The van der Waals surface area contributed by atoms with E-state index in [0.717, 1.165) is 0 Å². The van der Waals surface area contributed by atoms with Crippen LogP contribution >= 0.6 is 15.9 Å². The third-order valence-electron chi connectivity index (χ3n) is 3.67. The molecule has 8 heteroatoms. The predicted molar refractivity (Wildman–Crippen MR) is 95.4 cm³/mol. The molecule has 1 amide bonds. The van der Waals surface area contributed by atoms with Crippen LogP contribution in [0, 0.1) is 5.82 Å². The normalized spacial score (nSPS) is 17.4. The van der Waals surface area contributed by atoms with Crippen molar-refractivity contribution in [1.29, 1.82) is 0 Å². The van der Waals surface area contributed by atoms with Gasteiger partial charge in [0.05, 0.1) is 18.8 Å². The number of hydrogen-bond acceptors (Lipinski definition) is 5. The first kappa shape index (κ1) is 19.5. The number of esters is 1. The van der Waals surface area contributed by atoms with E-state index in [1.165, 1.54) is 13.2 Å². The van der Waals surface area contributed by atoms with Crippen LogP contribution in [-0.4, -0.2) is 43.9 Å². The summed E-state index contributed by atoms with van der Waals surface area (Å²) in [5.41, 5.74) is -0.246. The fourth-order valence-electron chi connectivity index (χ4n) is 2.68. The first-order valence-electron chi connectivity index (χ1n) is 7.92. The lowest BCUT2D eigenvalue weighted by Crippen LogP contribution is -2.40. The molecule has 0 unspecified atom stereocenters. The number of halogens is 2. The van der Waals surface area contributed by atoms with E-state index >= 15 is 0 Å². The second-order valence-electron chi connectivity index (χ2n) is 6.85. The number of carbonyl (C=O) groups is 2. The van der Waals surface area contributed by atoms with Crippen molar-refractivity contribution in [3.8, 4) is 0 Å². The van der Waals surface area contributed by atoms with Gasteiger partial charge in [0, 0.05) is 17.6 Å². The molecular formula is C17H22BrFN2O4. The van der Waals surface area contributed by atoms with Crippen LogP contribution in [0.3, 0.4) is 0 Å². The lowest BCUT2D eigenvalue weighted by Gasteiger charge is -2.23. The van der Waals surface area contributed by atoms with Gasteiger partial charge in [-0.15, -0.1) is 0 Å². The van der Waals surface area contributed by atoms with Gasteiger partial charge in [-0.2, -0.15) is 0 Å². The van der Waals surface area contributed by atoms with Gasteiger partial charge in [0.1, 0.15) is 17.0 Å². The molecule has 1 atom stereocenters. The maximum Gasteiger partial charge on any atom is 0.407 e. The number of nitrogens with one attached hydrogen (secondary N) is 1. The third kappa shape index (κ3) is 5.07. The van der Waals surface area contributed by atoms with Gasteiger partial charge < -0.3 is 19.7 Å². The van der Waals surface area contributed by atoms with Crippen molar-refractivity contribution in [3.05, 3.63) is 28.0 Å². The molecule has 1 fully saturated rings. The Labute approximate surface area is 154 Å². The number of amides is 1. The first-order chi connectivity index (χ1) is 11.6. The van der Waals surface area contributed by atoms with Crippen molar-refractivity contribution in [2.45, 2.75) is 38.8 Å². The standard InChI is InChI=1S/C17H22BrFN2O4/c1-17(2,3)25-16(23)20-11-5-6-21(9-11)13-8-10(18)7-12(19)14(13)15(22)24-4/h7-8,11H,5-6,9H2,1-4H3,(H,20,23)/t11-/m0/s1. The van der Waals surface area contributed by atoms with Crippen molar-refractivity contribution in [2.24, 2.45) is 0 Å². The van der Waals surface area contributed by atoms with Gasteiger partial charge in [-0.05, 0) is 39.3 Å². The Hall–Kier alpha value is -1.83. The van der Waals surface area contributed by atoms with Gasteiger partial charge >= 0.3 is 12.1 Å². The highest BCUT2D eigenvalue weighted by Crippen LogP contribution is 2.31. The van der Waals surface area contributed by atoms with Crippen molar-refractivity contribution < 1.29 is 23.5 Å². The number of benzene rings is 1. The maximum atomic E-state index is 14.2. The van der Waals surface area contributed by atoms with E-state index in [-0.39, 0.29) is 11.6 Å². The van der Waals surface area contributed by atoms with Crippen LogP contribution in [0.2, 0.25) is 0 Å². The molecule has 1 aliphatic heterocycles. The molecule has 0 aliphatic carbocycles.